The first kappa shape index (κ1) is 20.8. The monoisotopic (exact) mass is 442 g/mol. The number of carbonyl (C=O) groups excluding carboxylic acids is 1. The van der Waals surface area contributed by atoms with Gasteiger partial charge in [-0.1, -0.05) is 0 Å². The van der Waals surface area contributed by atoms with Gasteiger partial charge in [0.15, 0.2) is 0 Å². The number of hydrogen-bond donors (Lipinski definition) is 2. The van der Waals surface area contributed by atoms with Crippen molar-refractivity contribution in [3.8, 4) is 0 Å². The molecule has 0 radical (unpaired) electrons. The quantitative estimate of drug-likeness (QED) is 0.644. The van der Waals surface area contributed by atoms with E-state index in [2.05, 4.69) is 10.0 Å². The standard InChI is InChI=1S/C24H30N2O4S/c27-23(25-8-7-24-13-17-10-18(14-24)12-19(11-17)15-24)20-3-5-22(6-4-20)31(28,29)26-16-21-2-1-9-30-21/h1-6,9,17-19,26H,7-8,10-16H2,(H,25,27). The Kier molecular flexibility index (Phi) is 5.42. The van der Waals surface area contributed by atoms with E-state index in [0.717, 1.165) is 24.2 Å². The van der Waals surface area contributed by atoms with E-state index in [1.165, 1.54) is 56.9 Å². The largest absolute Gasteiger partial charge is 0.468 e. The summed E-state index contributed by atoms with van der Waals surface area (Å²) in [5.74, 6) is 3.14. The van der Waals surface area contributed by atoms with Gasteiger partial charge in [0.1, 0.15) is 5.76 Å². The van der Waals surface area contributed by atoms with E-state index in [-0.39, 0.29) is 17.3 Å². The molecule has 4 aliphatic rings. The van der Waals surface area contributed by atoms with Crippen molar-refractivity contribution < 1.29 is 17.6 Å². The zero-order chi connectivity index (χ0) is 21.5. The van der Waals surface area contributed by atoms with Crippen LogP contribution in [0.3, 0.4) is 0 Å². The third kappa shape index (κ3) is 4.44. The molecule has 1 heterocycles. The molecule has 7 heteroatoms. The van der Waals surface area contributed by atoms with Gasteiger partial charge in [0.2, 0.25) is 10.0 Å². The molecule has 0 aliphatic heterocycles. The molecule has 1 aromatic carbocycles. The Morgan fingerprint density at radius 1 is 1.00 bits per heavy atom. The second kappa shape index (κ2) is 8.10. The fraction of sp³-hybridized carbons (Fsp3) is 0.542. The van der Waals surface area contributed by atoms with Gasteiger partial charge in [-0.2, -0.15) is 0 Å². The number of hydrogen-bond acceptors (Lipinski definition) is 4. The van der Waals surface area contributed by atoms with E-state index < -0.39 is 10.0 Å². The van der Waals surface area contributed by atoms with Crippen LogP contribution in [0.4, 0.5) is 0 Å². The van der Waals surface area contributed by atoms with Gasteiger partial charge in [-0.05, 0) is 105 Å². The molecule has 0 atom stereocenters. The van der Waals surface area contributed by atoms with Crippen LogP contribution in [-0.2, 0) is 16.6 Å². The summed E-state index contributed by atoms with van der Waals surface area (Å²) < 4.78 is 32.5. The first-order valence-corrected chi connectivity index (χ1v) is 12.8. The topological polar surface area (TPSA) is 88.4 Å². The molecule has 6 nitrogen and oxygen atoms in total. The summed E-state index contributed by atoms with van der Waals surface area (Å²) in [5, 5.41) is 3.06. The molecular formula is C24H30N2O4S. The Morgan fingerprint density at radius 3 is 2.23 bits per heavy atom. The SMILES string of the molecule is O=C(NCCC12CC3CC(CC(C3)C1)C2)c1ccc(S(=O)(=O)NCc2ccco2)cc1. The number of rotatable bonds is 8. The molecule has 4 fully saturated rings. The highest BCUT2D eigenvalue weighted by Gasteiger charge is 2.50. The van der Waals surface area contributed by atoms with E-state index in [4.69, 9.17) is 4.42 Å². The Balaban J connectivity index is 1.14. The molecule has 166 valence electrons. The number of furan rings is 1. The zero-order valence-electron chi connectivity index (χ0n) is 17.7. The Morgan fingerprint density at radius 2 is 1.65 bits per heavy atom. The fourth-order valence-corrected chi connectivity index (χ4v) is 7.58. The highest BCUT2D eigenvalue weighted by atomic mass is 32.2. The Labute approximate surface area is 183 Å². The summed E-state index contributed by atoms with van der Waals surface area (Å²) >= 11 is 0. The maximum Gasteiger partial charge on any atom is 0.251 e. The normalized spacial score (nSPS) is 29.2. The summed E-state index contributed by atoms with van der Waals surface area (Å²) in [7, 11) is -3.66. The lowest BCUT2D eigenvalue weighted by molar-refractivity contribution is -0.0564. The molecule has 1 amide bonds. The maximum absolute atomic E-state index is 12.6. The first-order valence-electron chi connectivity index (χ1n) is 11.3. The van der Waals surface area contributed by atoms with Crippen LogP contribution in [0.25, 0.3) is 0 Å². The summed E-state index contributed by atoms with van der Waals surface area (Å²) in [6.07, 6.45) is 10.9. The second-order valence-corrected chi connectivity index (χ2v) is 11.6. The summed E-state index contributed by atoms with van der Waals surface area (Å²) in [4.78, 5) is 12.7. The second-order valence-electron chi connectivity index (χ2n) is 9.85. The van der Waals surface area contributed by atoms with Gasteiger partial charge < -0.3 is 9.73 Å². The molecule has 6 rings (SSSR count). The van der Waals surface area contributed by atoms with Crippen molar-refractivity contribution in [1.29, 1.82) is 0 Å². The molecular weight excluding hydrogens is 412 g/mol. The molecule has 0 saturated heterocycles. The number of nitrogens with one attached hydrogen (secondary N) is 2. The van der Waals surface area contributed by atoms with Gasteiger partial charge in [0.25, 0.3) is 5.91 Å². The van der Waals surface area contributed by atoms with Gasteiger partial charge in [0, 0.05) is 12.1 Å². The Bertz CT molecular complexity index is 993. The van der Waals surface area contributed by atoms with E-state index in [9.17, 15) is 13.2 Å². The highest BCUT2D eigenvalue weighted by molar-refractivity contribution is 7.89. The van der Waals surface area contributed by atoms with Crippen molar-refractivity contribution in [2.45, 2.75) is 56.4 Å². The lowest BCUT2D eigenvalue weighted by atomic mass is 9.49. The van der Waals surface area contributed by atoms with Crippen LogP contribution in [0.1, 0.15) is 61.1 Å². The van der Waals surface area contributed by atoms with Crippen LogP contribution in [-0.4, -0.2) is 20.9 Å². The number of amides is 1. The van der Waals surface area contributed by atoms with Gasteiger partial charge in [-0.15, -0.1) is 0 Å². The maximum atomic E-state index is 12.6. The third-order valence-electron chi connectivity index (χ3n) is 7.55. The van der Waals surface area contributed by atoms with Gasteiger partial charge in [0.05, 0.1) is 17.7 Å². The van der Waals surface area contributed by atoms with Crippen molar-refractivity contribution in [2.75, 3.05) is 6.54 Å². The number of sulfonamides is 1. The minimum atomic E-state index is -3.66. The van der Waals surface area contributed by atoms with Crippen molar-refractivity contribution in [3.05, 3.63) is 54.0 Å². The van der Waals surface area contributed by atoms with Crippen molar-refractivity contribution >= 4 is 15.9 Å². The smallest absolute Gasteiger partial charge is 0.251 e. The summed E-state index contributed by atoms with van der Waals surface area (Å²) in [6.45, 7) is 0.775. The average molecular weight is 443 g/mol. The Hall–Kier alpha value is -2.12. The zero-order valence-corrected chi connectivity index (χ0v) is 18.5. The molecule has 31 heavy (non-hydrogen) atoms. The van der Waals surface area contributed by atoms with Crippen LogP contribution in [0.5, 0.6) is 0 Å². The summed E-state index contributed by atoms with van der Waals surface area (Å²) in [6, 6.07) is 9.50. The predicted octanol–water partition coefficient (Wildman–Crippen LogP) is 4.09. The van der Waals surface area contributed by atoms with E-state index in [1.807, 2.05) is 0 Å². The average Bonchev–Trinajstić information content (AvgIpc) is 3.25. The molecule has 2 N–H and O–H groups in total. The van der Waals surface area contributed by atoms with Gasteiger partial charge in [-0.3, -0.25) is 4.79 Å². The highest BCUT2D eigenvalue weighted by Crippen LogP contribution is 2.61. The van der Waals surface area contributed by atoms with E-state index in [1.54, 1.807) is 24.3 Å². The van der Waals surface area contributed by atoms with Crippen LogP contribution in [0.15, 0.2) is 52.0 Å². The van der Waals surface area contributed by atoms with Crippen LogP contribution >= 0.6 is 0 Å². The molecule has 4 saturated carbocycles. The molecule has 1 aromatic heterocycles. The molecule has 2 aromatic rings. The lowest BCUT2D eigenvalue weighted by Gasteiger charge is -2.57. The minimum absolute atomic E-state index is 0.0852. The van der Waals surface area contributed by atoms with Gasteiger partial charge >= 0.3 is 0 Å². The number of carbonyl (C=O) groups is 1. The van der Waals surface area contributed by atoms with Crippen molar-refractivity contribution in [1.82, 2.24) is 10.0 Å². The lowest BCUT2D eigenvalue weighted by Crippen LogP contribution is -2.47. The third-order valence-corrected chi connectivity index (χ3v) is 8.97. The van der Waals surface area contributed by atoms with E-state index >= 15 is 0 Å². The predicted molar refractivity (Wildman–Crippen MR) is 117 cm³/mol. The first-order chi connectivity index (χ1) is 14.9. The minimum Gasteiger partial charge on any atom is -0.468 e. The van der Waals surface area contributed by atoms with Gasteiger partial charge in [-0.25, -0.2) is 13.1 Å². The number of benzene rings is 1. The van der Waals surface area contributed by atoms with Crippen molar-refractivity contribution in [3.63, 3.8) is 0 Å². The van der Waals surface area contributed by atoms with Crippen LogP contribution in [0, 0.1) is 23.2 Å². The van der Waals surface area contributed by atoms with E-state index in [0.29, 0.717) is 23.3 Å². The molecule has 4 bridgehead atoms. The van der Waals surface area contributed by atoms with Crippen LogP contribution < -0.4 is 10.0 Å². The molecule has 4 aliphatic carbocycles. The van der Waals surface area contributed by atoms with Crippen molar-refractivity contribution in [2.24, 2.45) is 23.2 Å². The molecule has 0 unspecified atom stereocenters. The molecule has 0 spiro atoms. The van der Waals surface area contributed by atoms with Crippen LogP contribution in [0.2, 0.25) is 0 Å². The fourth-order valence-electron chi connectivity index (χ4n) is 6.59. The summed E-state index contributed by atoms with van der Waals surface area (Å²) in [5.41, 5.74) is 0.926.